The molecule has 0 aromatic carbocycles. The standard InChI is InChI=1S/C13H21NO5S/c1-9-3-2-4-11(9)13(17)14-5-6-20(18,19)8-10(14)7-12(15)16/h9-11H,2-8H2,1H3,(H,15,16). The van der Waals surface area contributed by atoms with Gasteiger partial charge in [-0.15, -0.1) is 0 Å². The van der Waals surface area contributed by atoms with E-state index in [1.807, 2.05) is 6.92 Å². The topological polar surface area (TPSA) is 91.8 Å². The Morgan fingerprint density at radius 2 is 2.00 bits per heavy atom. The van der Waals surface area contributed by atoms with Crippen LogP contribution in [0.2, 0.25) is 0 Å². The number of hydrogen-bond donors (Lipinski definition) is 1. The third-order valence-electron chi connectivity index (χ3n) is 4.40. The Bertz CT molecular complexity index is 501. The lowest BCUT2D eigenvalue weighted by atomic mass is 9.95. The fourth-order valence-corrected chi connectivity index (χ4v) is 4.80. The van der Waals surface area contributed by atoms with E-state index >= 15 is 0 Å². The molecule has 20 heavy (non-hydrogen) atoms. The van der Waals surface area contributed by atoms with Crippen LogP contribution >= 0.6 is 0 Å². The number of nitrogens with zero attached hydrogens (tertiary/aromatic N) is 1. The van der Waals surface area contributed by atoms with E-state index in [9.17, 15) is 18.0 Å². The number of sulfone groups is 1. The van der Waals surface area contributed by atoms with Gasteiger partial charge in [-0.1, -0.05) is 13.3 Å². The maximum Gasteiger partial charge on any atom is 0.305 e. The molecule has 1 saturated heterocycles. The van der Waals surface area contributed by atoms with Gasteiger partial charge in [0.2, 0.25) is 5.91 Å². The lowest BCUT2D eigenvalue weighted by Gasteiger charge is -2.37. The van der Waals surface area contributed by atoms with Crippen LogP contribution in [0.1, 0.15) is 32.6 Å². The molecule has 2 fully saturated rings. The molecule has 1 heterocycles. The Balaban J connectivity index is 2.15. The van der Waals surface area contributed by atoms with E-state index in [0.29, 0.717) is 5.92 Å². The van der Waals surface area contributed by atoms with Gasteiger partial charge in [0.25, 0.3) is 0 Å². The lowest BCUT2D eigenvalue weighted by Crippen LogP contribution is -2.53. The summed E-state index contributed by atoms with van der Waals surface area (Å²) in [4.78, 5) is 25.0. The van der Waals surface area contributed by atoms with Crippen molar-refractivity contribution in [3.63, 3.8) is 0 Å². The highest BCUT2D eigenvalue weighted by molar-refractivity contribution is 7.91. The van der Waals surface area contributed by atoms with E-state index in [-0.39, 0.29) is 36.3 Å². The molecule has 0 bridgehead atoms. The van der Waals surface area contributed by atoms with Crippen molar-refractivity contribution in [3.8, 4) is 0 Å². The number of rotatable bonds is 3. The third-order valence-corrected chi connectivity index (χ3v) is 6.10. The zero-order chi connectivity index (χ0) is 14.9. The zero-order valence-electron chi connectivity index (χ0n) is 11.6. The van der Waals surface area contributed by atoms with Crippen molar-refractivity contribution >= 4 is 21.7 Å². The van der Waals surface area contributed by atoms with Crippen molar-refractivity contribution in [1.29, 1.82) is 0 Å². The molecular formula is C13H21NO5S. The van der Waals surface area contributed by atoms with Gasteiger partial charge in [0.05, 0.1) is 24.0 Å². The average molecular weight is 303 g/mol. The smallest absolute Gasteiger partial charge is 0.305 e. The van der Waals surface area contributed by atoms with Crippen molar-refractivity contribution in [2.45, 2.75) is 38.6 Å². The number of carbonyl (C=O) groups excluding carboxylic acids is 1. The minimum absolute atomic E-state index is 0.0591. The number of carboxylic acid groups (broad SMARTS) is 1. The first-order valence-electron chi connectivity index (χ1n) is 7.03. The summed E-state index contributed by atoms with van der Waals surface area (Å²) in [6.07, 6.45) is 2.54. The minimum Gasteiger partial charge on any atom is -0.481 e. The molecule has 2 aliphatic rings. The molecule has 0 aromatic rings. The van der Waals surface area contributed by atoms with Crippen LogP contribution in [0.4, 0.5) is 0 Å². The molecule has 3 atom stereocenters. The van der Waals surface area contributed by atoms with Gasteiger partial charge >= 0.3 is 5.97 Å². The van der Waals surface area contributed by atoms with Gasteiger partial charge in [-0.25, -0.2) is 8.42 Å². The Morgan fingerprint density at radius 1 is 1.30 bits per heavy atom. The van der Waals surface area contributed by atoms with Crippen LogP contribution in [-0.2, 0) is 19.4 Å². The molecule has 3 unspecified atom stereocenters. The first-order chi connectivity index (χ1) is 9.30. The van der Waals surface area contributed by atoms with Crippen LogP contribution in [0.5, 0.6) is 0 Å². The van der Waals surface area contributed by atoms with Gasteiger partial charge in [-0.2, -0.15) is 0 Å². The SMILES string of the molecule is CC1CCCC1C(=O)N1CCS(=O)(=O)CC1CC(=O)O. The van der Waals surface area contributed by atoms with Gasteiger partial charge in [0.1, 0.15) is 0 Å². The summed E-state index contributed by atoms with van der Waals surface area (Å²) in [5.74, 6) is -1.19. The first-order valence-corrected chi connectivity index (χ1v) is 8.85. The number of aliphatic carboxylic acids is 1. The highest BCUT2D eigenvalue weighted by atomic mass is 32.2. The second-order valence-corrected chi connectivity index (χ2v) is 8.14. The lowest BCUT2D eigenvalue weighted by molar-refractivity contribution is -0.142. The normalized spacial score (nSPS) is 33.0. The summed E-state index contributed by atoms with van der Waals surface area (Å²) in [5, 5.41) is 8.92. The predicted molar refractivity (Wildman–Crippen MR) is 72.9 cm³/mol. The van der Waals surface area contributed by atoms with Gasteiger partial charge in [-0.05, 0) is 18.8 Å². The maximum absolute atomic E-state index is 12.6. The Labute approximate surface area is 119 Å². The van der Waals surface area contributed by atoms with E-state index < -0.39 is 21.8 Å². The van der Waals surface area contributed by atoms with Crippen molar-refractivity contribution < 1.29 is 23.1 Å². The second kappa shape index (κ2) is 5.71. The molecule has 114 valence electrons. The molecule has 1 amide bonds. The third kappa shape index (κ3) is 3.31. The molecule has 7 heteroatoms. The van der Waals surface area contributed by atoms with Gasteiger partial charge in [0, 0.05) is 12.5 Å². The summed E-state index contributed by atoms with van der Waals surface area (Å²) in [6.45, 7) is 2.16. The number of hydrogen-bond acceptors (Lipinski definition) is 4. The van der Waals surface area contributed by atoms with Crippen LogP contribution in [-0.4, -0.2) is 54.4 Å². The monoisotopic (exact) mass is 303 g/mol. The maximum atomic E-state index is 12.6. The van der Waals surface area contributed by atoms with E-state index in [1.165, 1.54) is 4.90 Å². The van der Waals surface area contributed by atoms with Crippen LogP contribution in [0, 0.1) is 11.8 Å². The molecule has 6 nitrogen and oxygen atoms in total. The van der Waals surface area contributed by atoms with Crippen molar-refractivity contribution in [1.82, 2.24) is 4.90 Å². The second-order valence-electron chi connectivity index (χ2n) is 5.91. The quantitative estimate of drug-likeness (QED) is 0.821. The highest BCUT2D eigenvalue weighted by Gasteiger charge is 2.40. The molecule has 1 aliphatic carbocycles. The number of amides is 1. The molecule has 0 aromatic heterocycles. The molecule has 1 saturated carbocycles. The molecule has 1 aliphatic heterocycles. The summed E-state index contributed by atoms with van der Waals surface area (Å²) >= 11 is 0. The van der Waals surface area contributed by atoms with Crippen molar-refractivity contribution in [2.24, 2.45) is 11.8 Å². The zero-order valence-corrected chi connectivity index (χ0v) is 12.4. The Morgan fingerprint density at radius 3 is 2.55 bits per heavy atom. The summed E-state index contributed by atoms with van der Waals surface area (Å²) in [7, 11) is -3.24. The molecule has 0 radical (unpaired) electrons. The fourth-order valence-electron chi connectivity index (χ4n) is 3.27. The predicted octanol–water partition coefficient (Wildman–Crippen LogP) is 0.523. The van der Waals surface area contributed by atoms with Crippen LogP contribution in [0.25, 0.3) is 0 Å². The Hall–Kier alpha value is -1.11. The van der Waals surface area contributed by atoms with E-state index in [0.717, 1.165) is 19.3 Å². The largest absolute Gasteiger partial charge is 0.481 e. The van der Waals surface area contributed by atoms with E-state index in [2.05, 4.69) is 0 Å². The number of carbonyl (C=O) groups is 2. The average Bonchev–Trinajstić information content (AvgIpc) is 2.73. The van der Waals surface area contributed by atoms with E-state index in [1.54, 1.807) is 0 Å². The Kier molecular flexibility index (Phi) is 4.36. The van der Waals surface area contributed by atoms with Gasteiger partial charge in [0.15, 0.2) is 9.84 Å². The number of carboxylic acids is 1. The van der Waals surface area contributed by atoms with Crippen LogP contribution in [0.3, 0.4) is 0 Å². The van der Waals surface area contributed by atoms with Crippen molar-refractivity contribution in [3.05, 3.63) is 0 Å². The fraction of sp³-hybridized carbons (Fsp3) is 0.846. The van der Waals surface area contributed by atoms with Crippen LogP contribution in [0.15, 0.2) is 0 Å². The van der Waals surface area contributed by atoms with Gasteiger partial charge in [-0.3, -0.25) is 9.59 Å². The molecule has 0 spiro atoms. The summed E-state index contributed by atoms with van der Waals surface area (Å²) in [5.41, 5.74) is 0. The van der Waals surface area contributed by atoms with E-state index in [4.69, 9.17) is 5.11 Å². The molecule has 2 rings (SSSR count). The minimum atomic E-state index is -3.24. The van der Waals surface area contributed by atoms with Crippen molar-refractivity contribution in [2.75, 3.05) is 18.1 Å². The molecule has 1 N–H and O–H groups in total. The first kappa shape index (κ1) is 15.3. The summed E-state index contributed by atoms with van der Waals surface area (Å²) in [6, 6.07) is -0.716. The van der Waals surface area contributed by atoms with Crippen LogP contribution < -0.4 is 0 Å². The van der Waals surface area contributed by atoms with Gasteiger partial charge < -0.3 is 10.0 Å². The summed E-state index contributed by atoms with van der Waals surface area (Å²) < 4.78 is 23.3. The molecular weight excluding hydrogens is 282 g/mol. The highest BCUT2D eigenvalue weighted by Crippen LogP contribution is 2.33.